The molecule has 7 nitrogen and oxygen atoms in total. The Bertz CT molecular complexity index is 1230. The minimum absolute atomic E-state index is 0.286. The number of halogens is 1. The van der Waals surface area contributed by atoms with Crippen molar-refractivity contribution in [1.29, 1.82) is 0 Å². The molecule has 0 radical (unpaired) electrons. The summed E-state index contributed by atoms with van der Waals surface area (Å²) in [7, 11) is 0. The van der Waals surface area contributed by atoms with Crippen molar-refractivity contribution in [2.24, 2.45) is 0 Å². The molecule has 0 bridgehead atoms. The number of benzene rings is 2. The average Bonchev–Trinajstić information content (AvgIpc) is 3.52. The fourth-order valence-electron chi connectivity index (χ4n) is 4.05. The zero-order chi connectivity index (χ0) is 22.6. The molecule has 170 valence electrons. The van der Waals surface area contributed by atoms with E-state index in [-0.39, 0.29) is 5.82 Å². The third-order valence-electron chi connectivity index (χ3n) is 5.88. The van der Waals surface area contributed by atoms with E-state index in [1.807, 2.05) is 37.3 Å². The number of rotatable bonds is 8. The Balaban J connectivity index is 1.24. The topological polar surface area (TPSA) is 78.1 Å². The summed E-state index contributed by atoms with van der Waals surface area (Å²) in [6, 6.07) is 12.8. The van der Waals surface area contributed by atoms with Gasteiger partial charge in [0, 0.05) is 41.3 Å². The van der Waals surface area contributed by atoms with Gasteiger partial charge in [0.1, 0.15) is 24.0 Å². The Hall–Kier alpha value is -3.65. The molecule has 1 fully saturated rings. The van der Waals surface area contributed by atoms with Gasteiger partial charge in [0.2, 0.25) is 5.95 Å². The number of nitrogens with zero attached hydrogens (tertiary/aromatic N) is 3. The van der Waals surface area contributed by atoms with Crippen molar-refractivity contribution in [3.8, 4) is 5.75 Å². The molecule has 0 unspecified atom stereocenters. The number of aryl methyl sites for hydroxylation is 1. The number of likely N-dealkylation sites (tertiary alicyclic amines) is 1. The average molecular weight is 447 g/mol. The lowest BCUT2D eigenvalue weighted by molar-refractivity contribution is 0.238. The van der Waals surface area contributed by atoms with E-state index < -0.39 is 0 Å². The molecule has 1 aliphatic rings. The highest BCUT2D eigenvalue weighted by molar-refractivity contribution is 5.94. The molecule has 1 aliphatic heterocycles. The lowest BCUT2D eigenvalue weighted by Gasteiger charge is -2.15. The van der Waals surface area contributed by atoms with Crippen LogP contribution in [0.15, 0.2) is 54.9 Å². The van der Waals surface area contributed by atoms with Crippen molar-refractivity contribution in [3.05, 3.63) is 66.2 Å². The SMILES string of the molecule is Cc1cnc(Nc2ccc(OCCN3CCCC3)cc2)nc1Nc1ccc(F)c2[nH]ccc12. The number of aromatic nitrogens is 3. The van der Waals surface area contributed by atoms with Crippen LogP contribution in [0.5, 0.6) is 5.75 Å². The van der Waals surface area contributed by atoms with Gasteiger partial charge in [0.05, 0.1) is 5.52 Å². The van der Waals surface area contributed by atoms with Crippen LogP contribution in [0, 0.1) is 12.7 Å². The number of H-pyrrole nitrogens is 1. The standard InChI is InChI=1S/C25H27FN6O/c1-17-16-28-25(31-24(17)30-22-9-8-21(26)23-20(22)10-11-27-23)29-18-4-6-19(7-5-18)33-15-14-32-12-2-3-13-32/h4-11,16,27H,2-3,12-15H2,1H3,(H2,28,29,30,31). The summed E-state index contributed by atoms with van der Waals surface area (Å²) in [5.41, 5.74) is 2.99. The molecule has 1 saturated heterocycles. The molecule has 3 heterocycles. The van der Waals surface area contributed by atoms with Crippen LogP contribution in [0.25, 0.3) is 10.9 Å². The Labute approximate surface area is 192 Å². The van der Waals surface area contributed by atoms with Crippen molar-refractivity contribution in [1.82, 2.24) is 19.9 Å². The van der Waals surface area contributed by atoms with Gasteiger partial charge >= 0.3 is 0 Å². The number of fused-ring (bicyclic) bond motifs is 1. The normalized spacial score (nSPS) is 14.0. The highest BCUT2D eigenvalue weighted by Gasteiger charge is 2.12. The number of hydrogen-bond acceptors (Lipinski definition) is 6. The predicted molar refractivity (Wildman–Crippen MR) is 129 cm³/mol. The zero-order valence-electron chi connectivity index (χ0n) is 18.6. The molecular formula is C25H27FN6O. The van der Waals surface area contributed by atoms with Crippen LogP contribution >= 0.6 is 0 Å². The first kappa shape index (κ1) is 21.2. The summed E-state index contributed by atoms with van der Waals surface area (Å²) in [4.78, 5) is 14.4. The Morgan fingerprint density at radius 1 is 1.06 bits per heavy atom. The molecule has 0 atom stereocenters. The first-order valence-corrected chi connectivity index (χ1v) is 11.2. The second-order valence-electron chi connectivity index (χ2n) is 8.26. The number of hydrogen-bond donors (Lipinski definition) is 3. The van der Waals surface area contributed by atoms with Crippen molar-refractivity contribution in [2.75, 3.05) is 36.9 Å². The molecule has 0 saturated carbocycles. The van der Waals surface area contributed by atoms with Crippen molar-refractivity contribution in [3.63, 3.8) is 0 Å². The largest absolute Gasteiger partial charge is 0.492 e. The molecule has 5 rings (SSSR count). The Morgan fingerprint density at radius 2 is 1.88 bits per heavy atom. The second-order valence-corrected chi connectivity index (χ2v) is 8.26. The van der Waals surface area contributed by atoms with Crippen LogP contribution in [-0.4, -0.2) is 46.1 Å². The van der Waals surface area contributed by atoms with Crippen molar-refractivity contribution >= 4 is 34.0 Å². The molecular weight excluding hydrogens is 419 g/mol. The fraction of sp³-hybridized carbons (Fsp3) is 0.280. The number of aromatic amines is 1. The Kier molecular flexibility index (Phi) is 6.08. The van der Waals surface area contributed by atoms with Crippen LogP contribution in [0.4, 0.5) is 27.5 Å². The summed E-state index contributed by atoms with van der Waals surface area (Å²) >= 11 is 0. The van der Waals surface area contributed by atoms with Gasteiger partial charge in [-0.05, 0) is 75.3 Å². The van der Waals surface area contributed by atoms with E-state index in [0.29, 0.717) is 23.9 Å². The van der Waals surface area contributed by atoms with E-state index in [0.717, 1.165) is 34.6 Å². The van der Waals surface area contributed by atoms with E-state index in [4.69, 9.17) is 4.74 Å². The third kappa shape index (κ3) is 4.90. The maximum Gasteiger partial charge on any atom is 0.229 e. The molecule has 0 amide bonds. The van der Waals surface area contributed by atoms with Gasteiger partial charge in [0.15, 0.2) is 0 Å². The van der Waals surface area contributed by atoms with Crippen LogP contribution in [0.1, 0.15) is 18.4 Å². The number of ether oxygens (including phenoxy) is 1. The van der Waals surface area contributed by atoms with E-state index in [9.17, 15) is 4.39 Å². The smallest absolute Gasteiger partial charge is 0.229 e. The molecule has 33 heavy (non-hydrogen) atoms. The molecule has 8 heteroatoms. The van der Waals surface area contributed by atoms with Gasteiger partial charge in [-0.2, -0.15) is 4.98 Å². The van der Waals surface area contributed by atoms with Gasteiger partial charge in [-0.25, -0.2) is 9.37 Å². The summed E-state index contributed by atoms with van der Waals surface area (Å²) in [5.74, 6) is 1.69. The maximum atomic E-state index is 14.0. The molecule has 3 N–H and O–H groups in total. The van der Waals surface area contributed by atoms with E-state index in [2.05, 4.69) is 30.5 Å². The zero-order valence-corrected chi connectivity index (χ0v) is 18.6. The van der Waals surface area contributed by atoms with Crippen LogP contribution in [-0.2, 0) is 0 Å². The van der Waals surface area contributed by atoms with Crippen LogP contribution in [0.3, 0.4) is 0 Å². The van der Waals surface area contributed by atoms with Crippen LogP contribution < -0.4 is 15.4 Å². The van der Waals surface area contributed by atoms with Gasteiger partial charge < -0.3 is 20.4 Å². The molecule has 4 aromatic rings. The number of nitrogens with one attached hydrogen (secondary N) is 3. The molecule has 0 spiro atoms. The monoisotopic (exact) mass is 446 g/mol. The van der Waals surface area contributed by atoms with E-state index in [1.54, 1.807) is 18.5 Å². The van der Waals surface area contributed by atoms with Gasteiger partial charge in [0.25, 0.3) is 0 Å². The lowest BCUT2D eigenvalue weighted by atomic mass is 10.2. The fourth-order valence-corrected chi connectivity index (χ4v) is 4.05. The highest BCUT2D eigenvalue weighted by atomic mass is 19.1. The maximum absolute atomic E-state index is 14.0. The van der Waals surface area contributed by atoms with Gasteiger partial charge in [-0.1, -0.05) is 0 Å². The van der Waals surface area contributed by atoms with E-state index in [1.165, 1.54) is 32.0 Å². The highest BCUT2D eigenvalue weighted by Crippen LogP contribution is 2.29. The first-order chi connectivity index (χ1) is 16.2. The second kappa shape index (κ2) is 9.46. The molecule has 0 aliphatic carbocycles. The van der Waals surface area contributed by atoms with Crippen molar-refractivity contribution in [2.45, 2.75) is 19.8 Å². The predicted octanol–water partition coefficient (Wildman–Crippen LogP) is 5.37. The summed E-state index contributed by atoms with van der Waals surface area (Å²) in [5, 5.41) is 7.31. The first-order valence-electron chi connectivity index (χ1n) is 11.2. The minimum Gasteiger partial charge on any atom is -0.492 e. The lowest BCUT2D eigenvalue weighted by Crippen LogP contribution is -2.25. The number of anilines is 4. The van der Waals surface area contributed by atoms with E-state index >= 15 is 0 Å². The van der Waals surface area contributed by atoms with Crippen LogP contribution in [0.2, 0.25) is 0 Å². The molecule has 2 aromatic heterocycles. The molecule has 2 aromatic carbocycles. The van der Waals surface area contributed by atoms with Gasteiger partial charge in [-0.15, -0.1) is 0 Å². The summed E-state index contributed by atoms with van der Waals surface area (Å²) in [6.45, 7) is 5.95. The third-order valence-corrected chi connectivity index (χ3v) is 5.88. The summed E-state index contributed by atoms with van der Waals surface area (Å²) < 4.78 is 19.9. The van der Waals surface area contributed by atoms with Crippen molar-refractivity contribution < 1.29 is 9.13 Å². The quantitative estimate of drug-likeness (QED) is 0.338. The summed E-state index contributed by atoms with van der Waals surface area (Å²) in [6.07, 6.45) is 6.06. The Morgan fingerprint density at radius 3 is 2.70 bits per heavy atom. The minimum atomic E-state index is -0.286. The van der Waals surface area contributed by atoms with Gasteiger partial charge in [-0.3, -0.25) is 4.90 Å².